The van der Waals surface area contributed by atoms with Gasteiger partial charge in [0.1, 0.15) is 0 Å². The topological polar surface area (TPSA) is 81.9 Å². The van der Waals surface area contributed by atoms with E-state index in [9.17, 15) is 4.79 Å². The summed E-state index contributed by atoms with van der Waals surface area (Å²) in [5.74, 6) is 1.15. The average Bonchev–Trinajstić information content (AvgIpc) is 3.29. The summed E-state index contributed by atoms with van der Waals surface area (Å²) in [6, 6.07) is 4.16. The third-order valence-electron chi connectivity index (χ3n) is 3.45. The SMILES string of the molecule is COCCn1c(SCC(=O)NC2CC2)nnc1-c1ccncc1. The number of rotatable bonds is 8. The highest BCUT2D eigenvalue weighted by Crippen LogP contribution is 2.24. The first kappa shape index (κ1) is 15.9. The van der Waals surface area contributed by atoms with Crippen molar-refractivity contribution in [2.45, 2.75) is 30.6 Å². The van der Waals surface area contributed by atoms with Crippen LogP contribution in [0.1, 0.15) is 12.8 Å². The van der Waals surface area contributed by atoms with Crippen molar-refractivity contribution in [3.8, 4) is 11.4 Å². The summed E-state index contributed by atoms with van der Waals surface area (Å²) in [6.45, 7) is 1.19. The number of methoxy groups -OCH3 is 1. The first-order valence-electron chi connectivity index (χ1n) is 7.52. The maximum atomic E-state index is 11.8. The maximum absolute atomic E-state index is 11.8. The number of pyridine rings is 1. The minimum atomic E-state index is 0.0456. The zero-order valence-corrected chi connectivity index (χ0v) is 13.8. The lowest BCUT2D eigenvalue weighted by Gasteiger charge is -2.09. The molecule has 0 bridgehead atoms. The van der Waals surface area contributed by atoms with Gasteiger partial charge in [-0.25, -0.2) is 0 Å². The van der Waals surface area contributed by atoms with Gasteiger partial charge in [-0.3, -0.25) is 14.3 Å². The van der Waals surface area contributed by atoms with E-state index in [1.54, 1.807) is 19.5 Å². The summed E-state index contributed by atoms with van der Waals surface area (Å²) in [6.07, 6.45) is 5.63. The summed E-state index contributed by atoms with van der Waals surface area (Å²) in [5.41, 5.74) is 0.942. The number of nitrogens with zero attached hydrogens (tertiary/aromatic N) is 4. The standard InChI is InChI=1S/C15H19N5O2S/c1-22-9-8-20-14(11-4-6-16-7-5-11)18-19-15(20)23-10-13(21)17-12-2-3-12/h4-7,12H,2-3,8-10H2,1H3,(H,17,21). The van der Waals surface area contributed by atoms with Gasteiger partial charge in [-0.1, -0.05) is 11.8 Å². The highest BCUT2D eigenvalue weighted by atomic mass is 32.2. The fraction of sp³-hybridized carbons (Fsp3) is 0.467. The van der Waals surface area contributed by atoms with Gasteiger partial charge in [0.05, 0.1) is 18.9 Å². The van der Waals surface area contributed by atoms with Crippen LogP contribution >= 0.6 is 11.8 Å². The minimum Gasteiger partial charge on any atom is -0.383 e. The van der Waals surface area contributed by atoms with Gasteiger partial charge in [-0.2, -0.15) is 0 Å². The van der Waals surface area contributed by atoms with E-state index in [4.69, 9.17) is 4.74 Å². The third kappa shape index (κ3) is 4.29. The van der Waals surface area contributed by atoms with Crippen molar-refractivity contribution in [3.63, 3.8) is 0 Å². The van der Waals surface area contributed by atoms with Crippen molar-refractivity contribution >= 4 is 17.7 Å². The maximum Gasteiger partial charge on any atom is 0.230 e. The second kappa shape index (κ2) is 7.56. The highest BCUT2D eigenvalue weighted by Gasteiger charge is 2.23. The smallest absolute Gasteiger partial charge is 0.230 e. The monoisotopic (exact) mass is 333 g/mol. The quantitative estimate of drug-likeness (QED) is 0.735. The second-order valence-electron chi connectivity index (χ2n) is 5.32. The molecule has 1 aliphatic rings. The Morgan fingerprint density at radius 3 is 2.87 bits per heavy atom. The molecule has 0 aliphatic heterocycles. The molecular formula is C15H19N5O2S. The predicted octanol–water partition coefficient (Wildman–Crippen LogP) is 1.36. The number of nitrogens with one attached hydrogen (secondary N) is 1. The molecule has 1 fully saturated rings. The Bertz CT molecular complexity index is 657. The Morgan fingerprint density at radius 1 is 1.39 bits per heavy atom. The molecule has 122 valence electrons. The summed E-state index contributed by atoms with van der Waals surface area (Å²) >= 11 is 1.40. The van der Waals surface area contributed by atoms with E-state index in [0.717, 1.165) is 29.4 Å². The number of ether oxygens (including phenoxy) is 1. The van der Waals surface area contributed by atoms with E-state index in [2.05, 4.69) is 20.5 Å². The van der Waals surface area contributed by atoms with Crippen LogP contribution in [0.3, 0.4) is 0 Å². The lowest BCUT2D eigenvalue weighted by atomic mass is 10.2. The molecule has 0 saturated heterocycles. The summed E-state index contributed by atoms with van der Waals surface area (Å²) in [5, 5.41) is 12.2. The normalized spacial score (nSPS) is 14.0. The van der Waals surface area contributed by atoms with Gasteiger partial charge in [0, 0.05) is 31.1 Å². The summed E-state index contributed by atoms with van der Waals surface area (Å²) in [4.78, 5) is 15.9. The van der Waals surface area contributed by atoms with Crippen LogP contribution in [-0.4, -0.2) is 51.2 Å². The van der Waals surface area contributed by atoms with Crippen LogP contribution in [0.25, 0.3) is 11.4 Å². The van der Waals surface area contributed by atoms with Gasteiger partial charge in [0.25, 0.3) is 0 Å². The van der Waals surface area contributed by atoms with E-state index >= 15 is 0 Å². The first-order valence-corrected chi connectivity index (χ1v) is 8.51. The number of aromatic nitrogens is 4. The molecule has 1 amide bonds. The molecule has 0 spiro atoms. The minimum absolute atomic E-state index is 0.0456. The molecule has 1 aliphatic carbocycles. The molecular weight excluding hydrogens is 314 g/mol. The average molecular weight is 333 g/mol. The Balaban J connectivity index is 1.73. The first-order chi connectivity index (χ1) is 11.3. The van der Waals surface area contributed by atoms with Gasteiger partial charge in [-0.05, 0) is 25.0 Å². The molecule has 7 nitrogen and oxygen atoms in total. The van der Waals surface area contributed by atoms with Crippen LogP contribution in [0.5, 0.6) is 0 Å². The van der Waals surface area contributed by atoms with Crippen LogP contribution in [-0.2, 0) is 16.1 Å². The van der Waals surface area contributed by atoms with Gasteiger partial charge in [0.2, 0.25) is 5.91 Å². The molecule has 0 aromatic carbocycles. The number of carbonyl (C=O) groups excluding carboxylic acids is 1. The van der Waals surface area contributed by atoms with Crippen molar-refractivity contribution in [2.75, 3.05) is 19.5 Å². The third-order valence-corrected chi connectivity index (χ3v) is 4.42. The molecule has 8 heteroatoms. The number of amides is 1. The number of hydrogen-bond donors (Lipinski definition) is 1. The molecule has 0 radical (unpaired) electrons. The van der Waals surface area contributed by atoms with Crippen molar-refractivity contribution < 1.29 is 9.53 Å². The zero-order valence-electron chi connectivity index (χ0n) is 12.9. The van der Waals surface area contributed by atoms with E-state index in [1.807, 2.05) is 16.7 Å². The van der Waals surface area contributed by atoms with Gasteiger partial charge < -0.3 is 10.1 Å². The predicted molar refractivity (Wildman–Crippen MR) is 87.0 cm³/mol. The van der Waals surface area contributed by atoms with Crippen LogP contribution in [0, 0.1) is 0 Å². The Kier molecular flexibility index (Phi) is 5.24. The highest BCUT2D eigenvalue weighted by molar-refractivity contribution is 7.99. The molecule has 2 aromatic heterocycles. The Labute approximate surface area is 138 Å². The molecule has 1 N–H and O–H groups in total. The lowest BCUT2D eigenvalue weighted by molar-refractivity contribution is -0.118. The van der Waals surface area contributed by atoms with Crippen LogP contribution in [0.2, 0.25) is 0 Å². The van der Waals surface area contributed by atoms with Crippen LogP contribution < -0.4 is 5.32 Å². The van der Waals surface area contributed by atoms with E-state index < -0.39 is 0 Å². The van der Waals surface area contributed by atoms with Crippen LogP contribution in [0.4, 0.5) is 0 Å². The molecule has 1 saturated carbocycles. The molecule has 0 atom stereocenters. The van der Waals surface area contributed by atoms with Crippen molar-refractivity contribution in [2.24, 2.45) is 0 Å². The zero-order chi connectivity index (χ0) is 16.1. The van der Waals surface area contributed by atoms with E-state index in [0.29, 0.717) is 24.9 Å². The molecule has 2 heterocycles. The molecule has 3 rings (SSSR count). The number of thioether (sulfide) groups is 1. The molecule has 0 unspecified atom stereocenters. The van der Waals surface area contributed by atoms with Crippen molar-refractivity contribution in [1.82, 2.24) is 25.1 Å². The van der Waals surface area contributed by atoms with Gasteiger partial charge >= 0.3 is 0 Å². The van der Waals surface area contributed by atoms with Crippen molar-refractivity contribution in [3.05, 3.63) is 24.5 Å². The summed E-state index contributed by atoms with van der Waals surface area (Å²) < 4.78 is 7.15. The van der Waals surface area contributed by atoms with E-state index in [-0.39, 0.29) is 5.91 Å². The lowest BCUT2D eigenvalue weighted by Crippen LogP contribution is -2.27. The van der Waals surface area contributed by atoms with Gasteiger partial charge in [0.15, 0.2) is 11.0 Å². The largest absolute Gasteiger partial charge is 0.383 e. The fourth-order valence-electron chi connectivity index (χ4n) is 2.12. The van der Waals surface area contributed by atoms with Gasteiger partial charge in [-0.15, -0.1) is 10.2 Å². The Hall–Kier alpha value is -1.93. The van der Waals surface area contributed by atoms with E-state index in [1.165, 1.54) is 11.8 Å². The fourth-order valence-corrected chi connectivity index (χ4v) is 2.90. The Morgan fingerprint density at radius 2 is 2.17 bits per heavy atom. The van der Waals surface area contributed by atoms with Crippen LogP contribution in [0.15, 0.2) is 29.7 Å². The summed E-state index contributed by atoms with van der Waals surface area (Å²) in [7, 11) is 1.66. The molecule has 23 heavy (non-hydrogen) atoms. The van der Waals surface area contributed by atoms with Crippen molar-refractivity contribution in [1.29, 1.82) is 0 Å². The number of carbonyl (C=O) groups is 1. The number of hydrogen-bond acceptors (Lipinski definition) is 6. The second-order valence-corrected chi connectivity index (χ2v) is 6.26. The molecule has 2 aromatic rings.